The van der Waals surface area contributed by atoms with Crippen molar-refractivity contribution in [3.63, 3.8) is 0 Å². The van der Waals surface area contributed by atoms with E-state index in [0.29, 0.717) is 4.21 Å². The zero-order valence-electron chi connectivity index (χ0n) is 16.5. The molecule has 3 aromatic rings. The average molecular weight is 429 g/mol. The highest BCUT2D eigenvalue weighted by molar-refractivity contribution is 7.85. The summed E-state index contributed by atoms with van der Waals surface area (Å²) >= 11 is 1.37. The Labute approximate surface area is 177 Å². The molecule has 2 aromatic carbocycles. The second kappa shape index (κ2) is 8.90. The second-order valence-corrected chi connectivity index (χ2v) is 9.50. The number of rotatable bonds is 8. The number of anilines is 2. The number of carboxylic acid groups (broad SMARTS) is 1. The van der Waals surface area contributed by atoms with Crippen LogP contribution in [0.5, 0.6) is 0 Å². The molecule has 29 heavy (non-hydrogen) atoms. The van der Waals surface area contributed by atoms with Gasteiger partial charge >= 0.3 is 5.97 Å². The molecule has 1 heterocycles. The Balaban J connectivity index is 1.81. The number of carboxylic acids is 1. The lowest BCUT2D eigenvalue weighted by Crippen LogP contribution is -2.53. The molecule has 152 valence electrons. The fourth-order valence-corrected chi connectivity index (χ4v) is 5.35. The van der Waals surface area contributed by atoms with E-state index in [2.05, 4.69) is 4.72 Å². The lowest BCUT2D eigenvalue weighted by molar-refractivity contribution is -0.144. The second-order valence-electron chi connectivity index (χ2n) is 7.00. The van der Waals surface area contributed by atoms with Gasteiger partial charge in [0.05, 0.1) is 5.00 Å². The van der Waals surface area contributed by atoms with Gasteiger partial charge in [-0.1, -0.05) is 55.5 Å². The molecule has 7 heteroatoms. The van der Waals surface area contributed by atoms with Gasteiger partial charge in [-0.15, -0.1) is 11.3 Å². The molecule has 1 aromatic heterocycles. The van der Waals surface area contributed by atoms with Gasteiger partial charge in [0, 0.05) is 18.7 Å². The Morgan fingerprint density at radius 2 is 1.66 bits per heavy atom. The molecule has 0 amide bonds. The minimum Gasteiger partial charge on any atom is -0.480 e. The highest BCUT2D eigenvalue weighted by atomic mass is 32.2. The SMILES string of the molecule is CC(c1ccccc1)[C@](C)(NS(=O)c1ccc(N(C)c2ccccc2)s1)C(=O)O. The molecule has 3 atom stereocenters. The van der Waals surface area contributed by atoms with Crippen molar-refractivity contribution in [1.29, 1.82) is 0 Å². The van der Waals surface area contributed by atoms with Crippen LogP contribution in [0.3, 0.4) is 0 Å². The first-order chi connectivity index (χ1) is 13.8. The largest absolute Gasteiger partial charge is 0.480 e. The average Bonchev–Trinajstić information content (AvgIpc) is 3.24. The number of para-hydroxylation sites is 1. The third kappa shape index (κ3) is 4.58. The molecular formula is C22H24N2O3S2. The molecule has 5 nitrogen and oxygen atoms in total. The van der Waals surface area contributed by atoms with Crippen LogP contribution in [-0.4, -0.2) is 27.9 Å². The van der Waals surface area contributed by atoms with Crippen LogP contribution in [0.4, 0.5) is 10.7 Å². The van der Waals surface area contributed by atoms with Crippen LogP contribution < -0.4 is 9.62 Å². The lowest BCUT2D eigenvalue weighted by atomic mass is 9.83. The summed E-state index contributed by atoms with van der Waals surface area (Å²) < 4.78 is 16.4. The first-order valence-electron chi connectivity index (χ1n) is 9.19. The summed E-state index contributed by atoms with van der Waals surface area (Å²) in [7, 11) is 0.286. The number of aliphatic carboxylic acids is 1. The number of thiophene rings is 1. The van der Waals surface area contributed by atoms with Crippen molar-refractivity contribution in [3.05, 3.63) is 78.4 Å². The van der Waals surface area contributed by atoms with E-state index in [-0.39, 0.29) is 5.92 Å². The normalized spacial score (nSPS) is 15.3. The zero-order valence-corrected chi connectivity index (χ0v) is 18.2. The molecular weight excluding hydrogens is 404 g/mol. The van der Waals surface area contributed by atoms with E-state index in [9.17, 15) is 14.1 Å². The molecule has 2 unspecified atom stereocenters. The zero-order chi connectivity index (χ0) is 21.0. The van der Waals surface area contributed by atoms with E-state index in [1.165, 1.54) is 11.3 Å². The maximum absolute atomic E-state index is 13.0. The number of hydrogen-bond acceptors (Lipinski definition) is 4. The first-order valence-corrected chi connectivity index (χ1v) is 11.2. The molecule has 0 saturated heterocycles. The monoisotopic (exact) mass is 428 g/mol. The smallest absolute Gasteiger partial charge is 0.325 e. The van der Waals surface area contributed by atoms with Crippen molar-refractivity contribution in [3.8, 4) is 0 Å². The van der Waals surface area contributed by atoms with E-state index in [1.54, 1.807) is 13.0 Å². The van der Waals surface area contributed by atoms with Crippen LogP contribution in [0.1, 0.15) is 25.3 Å². The predicted molar refractivity (Wildman–Crippen MR) is 119 cm³/mol. The number of hydrogen-bond donors (Lipinski definition) is 2. The quantitative estimate of drug-likeness (QED) is 0.542. The fraction of sp³-hybridized carbons (Fsp3) is 0.227. The number of nitrogens with zero attached hydrogens (tertiary/aromatic N) is 1. The Hall–Kier alpha value is -2.48. The van der Waals surface area contributed by atoms with Crippen molar-refractivity contribution in [2.75, 3.05) is 11.9 Å². The highest BCUT2D eigenvalue weighted by Crippen LogP contribution is 2.34. The van der Waals surface area contributed by atoms with Crippen molar-refractivity contribution < 1.29 is 14.1 Å². The third-order valence-electron chi connectivity index (χ3n) is 5.14. The number of carbonyl (C=O) groups is 1. The third-order valence-corrected chi connectivity index (χ3v) is 7.91. The Bertz CT molecular complexity index is 992. The van der Waals surface area contributed by atoms with Crippen molar-refractivity contribution >= 4 is 39.0 Å². The summed E-state index contributed by atoms with van der Waals surface area (Å²) in [6.45, 7) is 3.41. The molecule has 2 N–H and O–H groups in total. The van der Waals surface area contributed by atoms with Crippen LogP contribution >= 0.6 is 11.3 Å². The minimum absolute atomic E-state index is 0.378. The van der Waals surface area contributed by atoms with Crippen LogP contribution in [0, 0.1) is 0 Å². The van der Waals surface area contributed by atoms with E-state index in [4.69, 9.17) is 0 Å². The molecule has 0 aliphatic rings. The molecule has 0 bridgehead atoms. The van der Waals surface area contributed by atoms with E-state index < -0.39 is 22.5 Å². The predicted octanol–water partition coefficient (Wildman–Crippen LogP) is 4.78. The van der Waals surface area contributed by atoms with E-state index >= 15 is 0 Å². The van der Waals surface area contributed by atoms with E-state index in [1.807, 2.05) is 85.6 Å². The van der Waals surface area contributed by atoms with Crippen LogP contribution in [0.15, 0.2) is 77.0 Å². The summed E-state index contributed by atoms with van der Waals surface area (Å²) in [5, 5.41) is 10.8. The molecule has 0 fully saturated rings. The summed E-state index contributed by atoms with van der Waals surface area (Å²) in [6.07, 6.45) is 0. The standard InChI is InChI=1S/C22H24N2O3S2/c1-16(17-10-6-4-7-11-17)22(2,21(25)26)23-29(27)20-15-14-19(28-20)24(3)18-12-8-5-9-13-18/h4-16,23H,1-3H3,(H,25,26)/t16?,22-,29?/m0/s1. The molecule has 3 rings (SSSR count). The van der Waals surface area contributed by atoms with Gasteiger partial charge < -0.3 is 10.0 Å². The van der Waals surface area contributed by atoms with E-state index in [0.717, 1.165) is 16.3 Å². The van der Waals surface area contributed by atoms with Gasteiger partial charge in [0.1, 0.15) is 20.7 Å². The molecule has 0 saturated carbocycles. The molecule has 0 aliphatic heterocycles. The minimum atomic E-state index is -1.66. The fourth-order valence-electron chi connectivity index (χ4n) is 3.00. The maximum Gasteiger partial charge on any atom is 0.325 e. The molecule has 0 radical (unpaired) electrons. The van der Waals surface area contributed by atoms with Gasteiger partial charge in [-0.05, 0) is 36.8 Å². The topological polar surface area (TPSA) is 69.6 Å². The van der Waals surface area contributed by atoms with Crippen molar-refractivity contribution in [2.45, 2.75) is 29.5 Å². The summed E-state index contributed by atoms with van der Waals surface area (Å²) in [5.74, 6) is -1.42. The van der Waals surface area contributed by atoms with Crippen molar-refractivity contribution in [1.82, 2.24) is 4.72 Å². The van der Waals surface area contributed by atoms with Crippen molar-refractivity contribution in [2.24, 2.45) is 0 Å². The Kier molecular flexibility index (Phi) is 6.52. The van der Waals surface area contributed by atoms with Crippen LogP contribution in [0.25, 0.3) is 0 Å². The Morgan fingerprint density at radius 3 is 2.24 bits per heavy atom. The summed E-state index contributed by atoms with van der Waals surface area (Å²) in [4.78, 5) is 14.1. The van der Waals surface area contributed by atoms with Crippen LogP contribution in [0.2, 0.25) is 0 Å². The first kappa shape index (κ1) is 21.2. The number of nitrogens with one attached hydrogen (secondary N) is 1. The number of benzene rings is 2. The Morgan fingerprint density at radius 1 is 1.07 bits per heavy atom. The van der Waals surface area contributed by atoms with Gasteiger partial charge in [0.25, 0.3) is 0 Å². The van der Waals surface area contributed by atoms with Gasteiger partial charge in [-0.3, -0.25) is 4.79 Å². The van der Waals surface area contributed by atoms with Crippen LogP contribution in [-0.2, 0) is 15.8 Å². The van der Waals surface area contributed by atoms with Gasteiger partial charge in [0.2, 0.25) is 0 Å². The lowest BCUT2D eigenvalue weighted by Gasteiger charge is -2.32. The van der Waals surface area contributed by atoms with Gasteiger partial charge in [-0.25, -0.2) is 8.93 Å². The molecule has 0 spiro atoms. The van der Waals surface area contributed by atoms with Gasteiger partial charge in [0.15, 0.2) is 0 Å². The molecule has 0 aliphatic carbocycles. The highest BCUT2D eigenvalue weighted by Gasteiger charge is 2.41. The summed E-state index contributed by atoms with van der Waals surface area (Å²) in [5.41, 5.74) is 0.507. The van der Waals surface area contributed by atoms with Gasteiger partial charge in [-0.2, -0.15) is 0 Å². The summed E-state index contributed by atoms with van der Waals surface area (Å²) in [6, 6.07) is 22.9. The maximum atomic E-state index is 13.0.